The van der Waals surface area contributed by atoms with Crippen LogP contribution in [0, 0.1) is 0 Å². The van der Waals surface area contributed by atoms with Gasteiger partial charge in [-0.2, -0.15) is 5.10 Å². The average molecular weight is 413 g/mol. The first-order valence-corrected chi connectivity index (χ1v) is 10.2. The van der Waals surface area contributed by atoms with E-state index in [0.717, 1.165) is 57.5 Å². The molecule has 0 aliphatic heterocycles. The highest BCUT2D eigenvalue weighted by molar-refractivity contribution is 5.93. The van der Waals surface area contributed by atoms with E-state index in [1.165, 1.54) is 0 Å². The van der Waals surface area contributed by atoms with E-state index in [2.05, 4.69) is 49.5 Å². The fourth-order valence-electron chi connectivity index (χ4n) is 3.73. The van der Waals surface area contributed by atoms with Crippen LogP contribution >= 0.6 is 0 Å². The van der Waals surface area contributed by atoms with Gasteiger partial charge in [-0.3, -0.25) is 10.1 Å². The Morgan fingerprint density at radius 2 is 2.00 bits per heavy atom. The maximum absolute atomic E-state index is 5.31. The number of rotatable bonds is 7. The smallest absolute Gasteiger partial charge is 0.159 e. The molecule has 156 valence electrons. The van der Waals surface area contributed by atoms with Gasteiger partial charge in [0.2, 0.25) is 0 Å². The second kappa shape index (κ2) is 8.25. The molecule has 5 rings (SSSR count). The summed E-state index contributed by atoms with van der Waals surface area (Å²) in [7, 11) is 1.68. The Morgan fingerprint density at radius 3 is 2.87 bits per heavy atom. The van der Waals surface area contributed by atoms with E-state index >= 15 is 0 Å². The van der Waals surface area contributed by atoms with Crippen LogP contribution in [0.5, 0.6) is 0 Å². The number of ether oxygens (including phenoxy) is 1. The van der Waals surface area contributed by atoms with Crippen molar-refractivity contribution in [3.8, 4) is 22.6 Å². The lowest BCUT2D eigenvalue weighted by Crippen LogP contribution is -2.11. The molecular weight excluding hydrogens is 390 g/mol. The summed E-state index contributed by atoms with van der Waals surface area (Å²) in [5.41, 5.74) is 7.46. The molecule has 0 amide bonds. The first kappa shape index (κ1) is 19.3. The van der Waals surface area contributed by atoms with Crippen molar-refractivity contribution in [1.29, 1.82) is 0 Å². The molecule has 0 fully saturated rings. The van der Waals surface area contributed by atoms with Crippen LogP contribution in [0.2, 0.25) is 0 Å². The van der Waals surface area contributed by atoms with Gasteiger partial charge in [-0.05, 0) is 30.3 Å². The van der Waals surface area contributed by atoms with Crippen LogP contribution in [-0.4, -0.2) is 43.8 Å². The zero-order valence-electron chi connectivity index (χ0n) is 17.4. The molecule has 0 saturated heterocycles. The number of hydrogen-bond donors (Lipinski definition) is 3. The molecule has 0 spiro atoms. The van der Waals surface area contributed by atoms with Crippen LogP contribution in [0.1, 0.15) is 18.1 Å². The molecular formula is C23H23N7O. The molecule has 8 heteroatoms. The topological polar surface area (TPSA) is 104 Å². The van der Waals surface area contributed by atoms with Crippen molar-refractivity contribution in [2.45, 2.75) is 20.1 Å². The van der Waals surface area contributed by atoms with Gasteiger partial charge in [-0.25, -0.2) is 9.97 Å². The maximum Gasteiger partial charge on any atom is 0.159 e. The summed E-state index contributed by atoms with van der Waals surface area (Å²) in [5.74, 6) is 0.697. The Hall–Kier alpha value is -3.62. The fraction of sp³-hybridized carbons (Fsp3) is 0.217. The first-order valence-electron chi connectivity index (χ1n) is 10.2. The third kappa shape index (κ3) is 3.67. The average Bonchev–Trinajstić information content (AvgIpc) is 3.42. The van der Waals surface area contributed by atoms with Gasteiger partial charge in [0.25, 0.3) is 0 Å². The number of H-pyrrole nitrogens is 2. The highest BCUT2D eigenvalue weighted by Crippen LogP contribution is 2.30. The summed E-state index contributed by atoms with van der Waals surface area (Å²) in [5, 5.41) is 11.7. The van der Waals surface area contributed by atoms with E-state index in [0.29, 0.717) is 18.1 Å². The van der Waals surface area contributed by atoms with Gasteiger partial charge >= 0.3 is 0 Å². The molecule has 4 heterocycles. The lowest BCUT2D eigenvalue weighted by molar-refractivity contribution is 0.186. The summed E-state index contributed by atoms with van der Waals surface area (Å²) >= 11 is 0. The van der Waals surface area contributed by atoms with Crippen LogP contribution < -0.4 is 5.32 Å². The molecule has 5 aromatic rings. The molecule has 0 saturated carbocycles. The van der Waals surface area contributed by atoms with E-state index in [1.54, 1.807) is 7.11 Å². The van der Waals surface area contributed by atoms with Crippen molar-refractivity contribution < 1.29 is 4.74 Å². The van der Waals surface area contributed by atoms with E-state index < -0.39 is 0 Å². The lowest BCUT2D eigenvalue weighted by Gasteiger charge is -2.05. The first-order chi connectivity index (χ1) is 15.3. The second-order valence-corrected chi connectivity index (χ2v) is 7.39. The Morgan fingerprint density at radius 1 is 1.10 bits per heavy atom. The van der Waals surface area contributed by atoms with E-state index in [4.69, 9.17) is 9.72 Å². The van der Waals surface area contributed by atoms with Gasteiger partial charge in [0, 0.05) is 48.9 Å². The van der Waals surface area contributed by atoms with Crippen molar-refractivity contribution in [3.63, 3.8) is 0 Å². The Bertz CT molecular complexity index is 1350. The van der Waals surface area contributed by atoms with Gasteiger partial charge in [-0.15, -0.1) is 0 Å². The van der Waals surface area contributed by atoms with Crippen molar-refractivity contribution in [2.24, 2.45) is 0 Å². The summed E-state index contributed by atoms with van der Waals surface area (Å²) in [4.78, 5) is 17.2. The SMILES string of the molecule is CCNCc1cncc(-c2cnc3[nH]nc(-c4nc5c(COC)cccc5[nH]4)c3c2)c1. The van der Waals surface area contributed by atoms with Crippen LogP contribution in [0.4, 0.5) is 0 Å². The minimum Gasteiger partial charge on any atom is -0.380 e. The predicted molar refractivity (Wildman–Crippen MR) is 120 cm³/mol. The molecule has 0 bridgehead atoms. The molecule has 0 aliphatic carbocycles. The summed E-state index contributed by atoms with van der Waals surface area (Å²) < 4.78 is 5.31. The lowest BCUT2D eigenvalue weighted by atomic mass is 10.1. The van der Waals surface area contributed by atoms with Crippen molar-refractivity contribution in [1.82, 2.24) is 35.5 Å². The van der Waals surface area contributed by atoms with Crippen LogP contribution in [0.25, 0.3) is 44.7 Å². The number of pyridine rings is 2. The molecule has 0 unspecified atom stereocenters. The zero-order valence-corrected chi connectivity index (χ0v) is 17.4. The third-order valence-electron chi connectivity index (χ3n) is 5.24. The van der Waals surface area contributed by atoms with Gasteiger partial charge in [0.15, 0.2) is 11.5 Å². The molecule has 31 heavy (non-hydrogen) atoms. The number of nitrogens with zero attached hydrogens (tertiary/aromatic N) is 4. The second-order valence-electron chi connectivity index (χ2n) is 7.39. The largest absolute Gasteiger partial charge is 0.380 e. The monoisotopic (exact) mass is 413 g/mol. The van der Waals surface area contributed by atoms with Crippen LogP contribution in [-0.2, 0) is 17.9 Å². The summed E-state index contributed by atoms with van der Waals surface area (Å²) in [6.07, 6.45) is 5.58. The molecule has 8 nitrogen and oxygen atoms in total. The number of aromatic nitrogens is 6. The number of aromatic amines is 2. The van der Waals surface area contributed by atoms with Gasteiger partial charge in [0.1, 0.15) is 5.69 Å². The van der Waals surface area contributed by atoms with Crippen LogP contribution in [0.15, 0.2) is 48.9 Å². The maximum atomic E-state index is 5.31. The normalized spacial score (nSPS) is 11.5. The summed E-state index contributed by atoms with van der Waals surface area (Å²) in [6, 6.07) is 10.2. The quantitative estimate of drug-likeness (QED) is 0.375. The molecule has 0 radical (unpaired) electrons. The zero-order chi connectivity index (χ0) is 21.2. The number of benzene rings is 1. The number of methoxy groups -OCH3 is 1. The fourth-order valence-corrected chi connectivity index (χ4v) is 3.73. The Labute approximate surface area is 179 Å². The van der Waals surface area contributed by atoms with Crippen LogP contribution in [0.3, 0.4) is 0 Å². The number of nitrogens with one attached hydrogen (secondary N) is 3. The Kier molecular flexibility index (Phi) is 5.15. The van der Waals surface area contributed by atoms with E-state index in [9.17, 15) is 0 Å². The number of imidazole rings is 1. The molecule has 4 aromatic heterocycles. The number of fused-ring (bicyclic) bond motifs is 2. The van der Waals surface area contributed by atoms with Crippen molar-refractivity contribution in [3.05, 3.63) is 60.0 Å². The van der Waals surface area contributed by atoms with Gasteiger partial charge in [0.05, 0.1) is 23.0 Å². The highest BCUT2D eigenvalue weighted by Gasteiger charge is 2.16. The third-order valence-corrected chi connectivity index (χ3v) is 5.24. The number of para-hydroxylation sites is 1. The molecule has 3 N–H and O–H groups in total. The van der Waals surface area contributed by atoms with E-state index in [-0.39, 0.29) is 0 Å². The Balaban J connectivity index is 1.57. The van der Waals surface area contributed by atoms with Crippen molar-refractivity contribution >= 4 is 22.1 Å². The van der Waals surface area contributed by atoms with Gasteiger partial charge in [-0.1, -0.05) is 19.1 Å². The van der Waals surface area contributed by atoms with Gasteiger partial charge < -0.3 is 15.0 Å². The minimum atomic E-state index is 0.505. The summed E-state index contributed by atoms with van der Waals surface area (Å²) in [6.45, 7) is 4.29. The number of hydrogen-bond acceptors (Lipinski definition) is 6. The molecule has 0 atom stereocenters. The van der Waals surface area contributed by atoms with Crippen molar-refractivity contribution in [2.75, 3.05) is 13.7 Å². The molecule has 0 aliphatic rings. The van der Waals surface area contributed by atoms with E-state index in [1.807, 2.05) is 36.8 Å². The standard InChI is InChI=1S/C23H23N7O/c1-3-24-9-14-7-16(11-25-10-14)17-8-18-21(29-30-22(18)26-12-17)23-27-19-6-4-5-15(13-31-2)20(19)28-23/h4-8,10-12,24H,3,9,13H2,1-2H3,(H,27,28)(H,26,29,30). The minimum absolute atomic E-state index is 0.505. The predicted octanol–water partition coefficient (Wildman–Crippen LogP) is 3.82. The molecule has 1 aromatic carbocycles. The highest BCUT2D eigenvalue weighted by atomic mass is 16.5.